The third-order valence-corrected chi connectivity index (χ3v) is 7.07. The normalized spacial score (nSPS) is 19.9. The van der Waals surface area contributed by atoms with Crippen molar-refractivity contribution in [1.82, 2.24) is 25.0 Å². The first-order valence-electron chi connectivity index (χ1n) is 10.1. The van der Waals surface area contributed by atoms with Gasteiger partial charge in [-0.3, -0.25) is 4.79 Å². The predicted molar refractivity (Wildman–Crippen MR) is 112 cm³/mol. The molecule has 1 aromatic carbocycles. The van der Waals surface area contributed by atoms with Crippen molar-refractivity contribution in [1.29, 1.82) is 0 Å². The fourth-order valence-corrected chi connectivity index (χ4v) is 5.36. The third kappa shape index (κ3) is 5.10. The van der Waals surface area contributed by atoms with E-state index < -0.39 is 16.0 Å². The maximum atomic E-state index is 13.1. The number of rotatable bonds is 8. The lowest BCUT2D eigenvalue weighted by atomic mass is 9.88. The van der Waals surface area contributed by atoms with E-state index in [0.717, 1.165) is 6.42 Å². The molecular formula is C20H27N5O5S. The van der Waals surface area contributed by atoms with Crippen molar-refractivity contribution in [3.63, 3.8) is 0 Å². The van der Waals surface area contributed by atoms with Crippen LogP contribution in [0.2, 0.25) is 0 Å². The first-order chi connectivity index (χ1) is 14.8. The molecule has 10 nitrogen and oxygen atoms in total. The molecule has 3 rings (SSSR count). The molecule has 11 heteroatoms. The zero-order valence-electron chi connectivity index (χ0n) is 17.7. The van der Waals surface area contributed by atoms with Gasteiger partial charge in [0.15, 0.2) is 5.69 Å². The number of amides is 1. The molecule has 1 aliphatic rings. The Morgan fingerprint density at radius 3 is 2.77 bits per heavy atom. The van der Waals surface area contributed by atoms with Gasteiger partial charge in [-0.2, -0.15) is 15.4 Å². The average molecular weight is 450 g/mol. The summed E-state index contributed by atoms with van der Waals surface area (Å²) in [4.78, 5) is 26.1. The molecule has 1 aliphatic heterocycles. The summed E-state index contributed by atoms with van der Waals surface area (Å²) in [6.07, 6.45) is 2.77. The van der Waals surface area contributed by atoms with Crippen molar-refractivity contribution in [3.05, 3.63) is 41.7 Å². The molecule has 0 aliphatic carbocycles. The van der Waals surface area contributed by atoms with Gasteiger partial charge < -0.3 is 9.64 Å². The zero-order valence-corrected chi connectivity index (χ0v) is 18.6. The molecule has 0 bridgehead atoms. The Morgan fingerprint density at radius 2 is 2.13 bits per heavy atom. The number of carbonyl (C=O) groups is 2. The number of nitrogens with zero attached hydrogens (tertiary/aromatic N) is 3. The molecule has 1 aromatic heterocycles. The average Bonchev–Trinajstić information content (AvgIpc) is 3.42. The summed E-state index contributed by atoms with van der Waals surface area (Å²) in [6, 6.07) is 5.39. The molecule has 0 radical (unpaired) electrons. The van der Waals surface area contributed by atoms with E-state index in [4.69, 9.17) is 0 Å². The van der Waals surface area contributed by atoms with Crippen LogP contribution in [0.1, 0.15) is 47.5 Å². The molecule has 2 aromatic rings. The number of sulfonamides is 1. The Morgan fingerprint density at radius 1 is 1.35 bits per heavy atom. The summed E-state index contributed by atoms with van der Waals surface area (Å²) in [5.74, 6) is -0.800. The molecule has 0 spiro atoms. The zero-order chi connectivity index (χ0) is 22.6. The number of benzene rings is 1. The lowest BCUT2D eigenvalue weighted by Gasteiger charge is -2.27. The summed E-state index contributed by atoms with van der Waals surface area (Å²) >= 11 is 0. The fourth-order valence-electron chi connectivity index (χ4n) is 4.00. The minimum Gasteiger partial charge on any atom is -0.465 e. The number of ether oxygens (including phenoxy) is 1. The number of methoxy groups -OCH3 is 1. The van der Waals surface area contributed by atoms with Crippen LogP contribution in [-0.4, -0.2) is 66.8 Å². The van der Waals surface area contributed by atoms with Crippen molar-refractivity contribution in [2.75, 3.05) is 20.2 Å². The van der Waals surface area contributed by atoms with Gasteiger partial charge in [-0.05, 0) is 36.5 Å². The number of nitrogens with one attached hydrogen (secondary N) is 2. The second kappa shape index (κ2) is 9.56. The number of H-pyrrole nitrogens is 1. The standard InChI is InChI=1S/C20H27N5O5S/c1-4-6-17(16-12-25(11-13(16)2)19(26)18-10-21-24-22-18)23-31(28,29)15-8-5-7-14(9-15)20(27)30-3/h5,7-10,13,16-17,23H,4,6,11-12H2,1-3H3,(H,21,22,24)/t13-,16+,17-/m1/s1. The number of aromatic nitrogens is 3. The van der Waals surface area contributed by atoms with Crippen LogP contribution >= 0.6 is 0 Å². The lowest BCUT2D eigenvalue weighted by molar-refractivity contribution is 0.0600. The van der Waals surface area contributed by atoms with Gasteiger partial charge in [0.25, 0.3) is 5.91 Å². The van der Waals surface area contributed by atoms with E-state index in [9.17, 15) is 18.0 Å². The van der Waals surface area contributed by atoms with Crippen molar-refractivity contribution in [2.24, 2.45) is 11.8 Å². The highest BCUT2D eigenvalue weighted by atomic mass is 32.2. The monoisotopic (exact) mass is 449 g/mol. The summed E-state index contributed by atoms with van der Waals surface area (Å²) < 4.78 is 33.6. The van der Waals surface area contributed by atoms with Gasteiger partial charge >= 0.3 is 5.97 Å². The van der Waals surface area contributed by atoms with Gasteiger partial charge in [0.1, 0.15) is 0 Å². The van der Waals surface area contributed by atoms with E-state index in [1.165, 1.54) is 37.6 Å². The molecule has 1 saturated heterocycles. The first kappa shape index (κ1) is 22.9. The lowest BCUT2D eigenvalue weighted by Crippen LogP contribution is -2.43. The van der Waals surface area contributed by atoms with Crippen molar-refractivity contribution in [3.8, 4) is 0 Å². The molecule has 31 heavy (non-hydrogen) atoms. The number of esters is 1. The van der Waals surface area contributed by atoms with E-state index in [2.05, 4.69) is 24.9 Å². The Labute approximate surface area is 181 Å². The number of hydrogen-bond acceptors (Lipinski definition) is 7. The van der Waals surface area contributed by atoms with Gasteiger partial charge in [0.2, 0.25) is 10.0 Å². The molecular weight excluding hydrogens is 422 g/mol. The van der Waals surface area contributed by atoms with Crippen LogP contribution in [0.15, 0.2) is 35.4 Å². The van der Waals surface area contributed by atoms with Gasteiger partial charge in [-0.15, -0.1) is 0 Å². The molecule has 2 N–H and O–H groups in total. The Bertz CT molecular complexity index is 1020. The van der Waals surface area contributed by atoms with E-state index in [0.29, 0.717) is 19.5 Å². The second-order valence-corrected chi connectivity index (χ2v) is 9.46. The quantitative estimate of drug-likeness (QED) is 0.582. The van der Waals surface area contributed by atoms with Gasteiger partial charge in [-0.25, -0.2) is 17.9 Å². The highest BCUT2D eigenvalue weighted by Gasteiger charge is 2.39. The highest BCUT2D eigenvalue weighted by molar-refractivity contribution is 7.89. The summed E-state index contributed by atoms with van der Waals surface area (Å²) in [7, 11) is -2.63. The van der Waals surface area contributed by atoms with E-state index in [-0.39, 0.29) is 39.9 Å². The van der Waals surface area contributed by atoms with Crippen molar-refractivity contribution in [2.45, 2.75) is 37.6 Å². The largest absolute Gasteiger partial charge is 0.465 e. The highest BCUT2D eigenvalue weighted by Crippen LogP contribution is 2.30. The summed E-state index contributed by atoms with van der Waals surface area (Å²) in [6.45, 7) is 4.92. The topological polar surface area (TPSA) is 134 Å². The maximum absolute atomic E-state index is 13.1. The van der Waals surface area contributed by atoms with Crippen molar-refractivity contribution >= 4 is 21.9 Å². The maximum Gasteiger partial charge on any atom is 0.337 e. The number of carbonyl (C=O) groups excluding carboxylic acids is 2. The van der Waals surface area contributed by atoms with E-state index >= 15 is 0 Å². The van der Waals surface area contributed by atoms with Crippen LogP contribution in [0.4, 0.5) is 0 Å². The Balaban J connectivity index is 1.79. The van der Waals surface area contributed by atoms with Gasteiger partial charge in [-0.1, -0.05) is 26.3 Å². The Kier molecular flexibility index (Phi) is 7.06. The minimum absolute atomic E-state index is 0.00215. The molecule has 168 valence electrons. The summed E-state index contributed by atoms with van der Waals surface area (Å²) in [5, 5.41) is 9.95. The van der Waals surface area contributed by atoms with Crippen LogP contribution in [-0.2, 0) is 14.8 Å². The molecule has 0 saturated carbocycles. The minimum atomic E-state index is -3.88. The van der Waals surface area contributed by atoms with E-state index in [1.807, 2.05) is 13.8 Å². The third-order valence-electron chi connectivity index (χ3n) is 5.58. The van der Waals surface area contributed by atoms with Crippen LogP contribution in [0.5, 0.6) is 0 Å². The molecule has 1 amide bonds. The smallest absolute Gasteiger partial charge is 0.337 e. The second-order valence-electron chi connectivity index (χ2n) is 7.74. The molecule has 3 atom stereocenters. The van der Waals surface area contributed by atoms with Gasteiger partial charge in [0.05, 0.1) is 23.8 Å². The molecule has 0 unspecified atom stereocenters. The number of hydrogen-bond donors (Lipinski definition) is 2. The SMILES string of the molecule is CCC[C@@H](NS(=O)(=O)c1cccc(C(=O)OC)c1)[C@H]1CN(C(=O)c2cn[nH]n2)C[C@H]1C. The number of likely N-dealkylation sites (tertiary alicyclic amines) is 1. The first-order valence-corrected chi connectivity index (χ1v) is 11.6. The predicted octanol–water partition coefficient (Wildman–Crippen LogP) is 1.45. The molecule has 1 fully saturated rings. The van der Waals surface area contributed by atoms with Crippen LogP contribution in [0.25, 0.3) is 0 Å². The fraction of sp³-hybridized carbons (Fsp3) is 0.500. The van der Waals surface area contributed by atoms with E-state index in [1.54, 1.807) is 4.90 Å². The Hall–Kier alpha value is -2.79. The summed E-state index contributed by atoms with van der Waals surface area (Å²) in [5.41, 5.74) is 0.399. The van der Waals surface area contributed by atoms with Crippen molar-refractivity contribution < 1.29 is 22.7 Å². The van der Waals surface area contributed by atoms with Crippen LogP contribution in [0.3, 0.4) is 0 Å². The van der Waals surface area contributed by atoms with Crippen LogP contribution < -0.4 is 4.72 Å². The van der Waals surface area contributed by atoms with Gasteiger partial charge in [0, 0.05) is 19.1 Å². The van der Waals surface area contributed by atoms with Crippen LogP contribution in [0, 0.1) is 11.8 Å². The number of aromatic amines is 1. The molecule has 2 heterocycles.